The number of hydrogen-bond donors (Lipinski definition) is 1. The summed E-state index contributed by atoms with van der Waals surface area (Å²) < 4.78 is 5.68. The molecule has 4 rings (SSSR count). The summed E-state index contributed by atoms with van der Waals surface area (Å²) in [4.78, 5) is 14.0. The molecular formula is C13H17NO3. The van der Waals surface area contributed by atoms with Gasteiger partial charge in [-0.2, -0.15) is 0 Å². The van der Waals surface area contributed by atoms with Gasteiger partial charge < -0.3 is 9.84 Å². The number of rotatable bonds is 0. The Morgan fingerprint density at radius 1 is 1.47 bits per heavy atom. The fourth-order valence-electron chi connectivity index (χ4n) is 4.36. The van der Waals surface area contributed by atoms with Crippen molar-refractivity contribution in [3.8, 4) is 0 Å². The molecule has 92 valence electrons. The van der Waals surface area contributed by atoms with Gasteiger partial charge in [-0.3, -0.25) is 4.90 Å². The van der Waals surface area contributed by atoms with Crippen LogP contribution in [0.15, 0.2) is 11.6 Å². The van der Waals surface area contributed by atoms with Crippen LogP contribution in [-0.4, -0.2) is 46.3 Å². The van der Waals surface area contributed by atoms with Gasteiger partial charge in [-0.05, 0) is 25.0 Å². The fourth-order valence-corrected chi connectivity index (χ4v) is 4.36. The van der Waals surface area contributed by atoms with Crippen LogP contribution in [0, 0.1) is 0 Å². The summed E-state index contributed by atoms with van der Waals surface area (Å²) in [5.41, 5.74) is 0.669. The minimum Gasteiger partial charge on any atom is -0.450 e. The van der Waals surface area contributed by atoms with Gasteiger partial charge in [-0.1, -0.05) is 6.42 Å². The highest BCUT2D eigenvalue weighted by Gasteiger charge is 2.63. The first kappa shape index (κ1) is 10.1. The fraction of sp³-hybridized carbons (Fsp3) is 0.769. The minimum atomic E-state index is -0.374. The summed E-state index contributed by atoms with van der Waals surface area (Å²) in [5, 5.41) is 10.2. The molecule has 1 aliphatic carbocycles. The first-order chi connectivity index (χ1) is 8.21. The molecule has 1 saturated carbocycles. The van der Waals surface area contributed by atoms with Crippen molar-refractivity contribution in [1.29, 1.82) is 0 Å². The molecule has 2 saturated heterocycles. The van der Waals surface area contributed by atoms with Gasteiger partial charge in [0.1, 0.15) is 0 Å². The van der Waals surface area contributed by atoms with Crippen molar-refractivity contribution in [2.75, 3.05) is 6.54 Å². The Morgan fingerprint density at radius 2 is 2.35 bits per heavy atom. The lowest BCUT2D eigenvalue weighted by Crippen LogP contribution is -2.48. The number of hydrogen-bond acceptors (Lipinski definition) is 4. The van der Waals surface area contributed by atoms with Crippen LogP contribution in [0.25, 0.3) is 0 Å². The van der Waals surface area contributed by atoms with E-state index in [2.05, 4.69) is 4.90 Å². The molecule has 4 atom stereocenters. The van der Waals surface area contributed by atoms with Gasteiger partial charge >= 0.3 is 5.97 Å². The number of piperidine rings is 1. The number of carbonyl (C=O) groups excluding carboxylic acids is 1. The second kappa shape index (κ2) is 3.12. The largest absolute Gasteiger partial charge is 0.450 e. The molecule has 0 aromatic rings. The standard InChI is InChI=1S/C13H17NO3/c15-10-5-8-6-12(16)17-13(8)7-9(10)14-4-2-1-3-11(13)14/h6,9-11,15H,1-5,7H2/t9-,10-,11-,13-/m1/s1. The quantitative estimate of drug-likeness (QED) is 0.625. The van der Waals surface area contributed by atoms with Crippen LogP contribution in [0.4, 0.5) is 0 Å². The van der Waals surface area contributed by atoms with E-state index in [4.69, 9.17) is 4.74 Å². The van der Waals surface area contributed by atoms with Crippen molar-refractivity contribution in [1.82, 2.24) is 4.90 Å². The lowest BCUT2D eigenvalue weighted by molar-refractivity contribution is -0.148. The number of esters is 1. The summed E-state index contributed by atoms with van der Waals surface area (Å²) in [6, 6.07) is 0.513. The normalized spacial score (nSPS) is 48.4. The highest BCUT2D eigenvalue weighted by atomic mass is 16.6. The van der Waals surface area contributed by atoms with Gasteiger partial charge in [-0.25, -0.2) is 4.79 Å². The molecule has 0 aromatic heterocycles. The van der Waals surface area contributed by atoms with Gasteiger partial charge in [0.2, 0.25) is 0 Å². The summed E-state index contributed by atoms with van der Waals surface area (Å²) in [6.45, 7) is 1.04. The molecule has 0 amide bonds. The van der Waals surface area contributed by atoms with E-state index in [-0.39, 0.29) is 23.7 Å². The average molecular weight is 235 g/mol. The number of nitrogens with zero attached hydrogens (tertiary/aromatic N) is 1. The monoisotopic (exact) mass is 235 g/mol. The Morgan fingerprint density at radius 3 is 3.24 bits per heavy atom. The van der Waals surface area contributed by atoms with Gasteiger partial charge in [0.25, 0.3) is 0 Å². The Labute approximate surface area is 100 Å². The van der Waals surface area contributed by atoms with E-state index in [0.717, 1.165) is 25.0 Å². The molecule has 4 nitrogen and oxygen atoms in total. The Kier molecular flexibility index (Phi) is 1.85. The second-order valence-corrected chi connectivity index (χ2v) is 5.77. The first-order valence-electron chi connectivity index (χ1n) is 6.58. The average Bonchev–Trinajstić information content (AvgIpc) is 2.79. The highest BCUT2D eigenvalue weighted by molar-refractivity contribution is 5.87. The molecule has 3 heterocycles. The predicted molar refractivity (Wildman–Crippen MR) is 60.3 cm³/mol. The number of aliphatic hydroxyl groups is 1. The van der Waals surface area contributed by atoms with E-state index in [9.17, 15) is 9.90 Å². The molecule has 1 spiro atoms. The van der Waals surface area contributed by atoms with Crippen LogP contribution in [0.1, 0.15) is 32.1 Å². The molecule has 0 radical (unpaired) electrons. The number of aliphatic hydroxyl groups excluding tert-OH is 1. The van der Waals surface area contributed by atoms with Gasteiger partial charge in [0.05, 0.1) is 12.1 Å². The molecule has 2 bridgehead atoms. The molecule has 17 heavy (non-hydrogen) atoms. The minimum absolute atomic E-state index is 0.198. The first-order valence-corrected chi connectivity index (χ1v) is 6.58. The molecule has 0 aromatic carbocycles. The molecular weight excluding hydrogens is 218 g/mol. The Balaban J connectivity index is 1.81. The Hall–Kier alpha value is -0.870. The van der Waals surface area contributed by atoms with Crippen LogP contribution in [0.3, 0.4) is 0 Å². The van der Waals surface area contributed by atoms with Crippen molar-refractivity contribution in [2.45, 2.75) is 55.9 Å². The van der Waals surface area contributed by atoms with Gasteiger partial charge in [-0.15, -0.1) is 0 Å². The summed E-state index contributed by atoms with van der Waals surface area (Å²) in [5.74, 6) is -0.208. The van der Waals surface area contributed by atoms with Crippen molar-refractivity contribution in [2.24, 2.45) is 0 Å². The number of ether oxygens (including phenoxy) is 1. The van der Waals surface area contributed by atoms with E-state index >= 15 is 0 Å². The molecule has 0 unspecified atom stereocenters. The third-order valence-electron chi connectivity index (χ3n) is 5.01. The van der Waals surface area contributed by atoms with Crippen LogP contribution < -0.4 is 0 Å². The predicted octanol–water partition coefficient (Wildman–Crippen LogP) is 0.600. The maximum absolute atomic E-state index is 11.6. The summed E-state index contributed by atoms with van der Waals surface area (Å²) >= 11 is 0. The molecule has 3 aliphatic heterocycles. The van der Waals surface area contributed by atoms with E-state index in [1.165, 1.54) is 12.8 Å². The zero-order valence-corrected chi connectivity index (χ0v) is 9.76. The second-order valence-electron chi connectivity index (χ2n) is 5.77. The van der Waals surface area contributed by atoms with E-state index in [0.29, 0.717) is 12.5 Å². The summed E-state index contributed by atoms with van der Waals surface area (Å²) in [6.07, 6.45) is 6.21. The zero-order chi connectivity index (χ0) is 11.6. The van der Waals surface area contributed by atoms with Crippen LogP contribution >= 0.6 is 0 Å². The summed E-state index contributed by atoms with van der Waals surface area (Å²) in [7, 11) is 0. The van der Waals surface area contributed by atoms with Crippen molar-refractivity contribution in [3.05, 3.63) is 11.6 Å². The lowest BCUT2D eigenvalue weighted by Gasteiger charge is -2.37. The van der Waals surface area contributed by atoms with Gasteiger partial charge in [0, 0.05) is 25.0 Å². The zero-order valence-electron chi connectivity index (χ0n) is 9.76. The van der Waals surface area contributed by atoms with E-state index in [1.54, 1.807) is 6.08 Å². The SMILES string of the molecule is O=C1C=C2C[C@@H](O)[C@H]3C[C@]2(O1)[C@H]1CCCCN31. The van der Waals surface area contributed by atoms with Crippen LogP contribution in [0.2, 0.25) is 0 Å². The maximum atomic E-state index is 11.6. The molecule has 1 N–H and O–H groups in total. The van der Waals surface area contributed by atoms with E-state index in [1.807, 2.05) is 0 Å². The lowest BCUT2D eigenvalue weighted by atomic mass is 9.76. The number of carbonyl (C=O) groups is 1. The molecule has 3 fully saturated rings. The Bertz CT molecular complexity index is 419. The van der Waals surface area contributed by atoms with Crippen molar-refractivity contribution < 1.29 is 14.6 Å². The maximum Gasteiger partial charge on any atom is 0.331 e. The van der Waals surface area contributed by atoms with Crippen molar-refractivity contribution in [3.63, 3.8) is 0 Å². The topological polar surface area (TPSA) is 49.8 Å². The molecule has 4 heteroatoms. The smallest absolute Gasteiger partial charge is 0.331 e. The van der Waals surface area contributed by atoms with Crippen molar-refractivity contribution >= 4 is 5.97 Å². The molecule has 4 aliphatic rings. The van der Waals surface area contributed by atoms with Gasteiger partial charge in [0.15, 0.2) is 5.60 Å². The highest BCUT2D eigenvalue weighted by Crippen LogP contribution is 2.53. The van der Waals surface area contributed by atoms with E-state index < -0.39 is 0 Å². The van der Waals surface area contributed by atoms with Crippen LogP contribution in [-0.2, 0) is 9.53 Å². The third-order valence-corrected chi connectivity index (χ3v) is 5.01. The van der Waals surface area contributed by atoms with Crippen LogP contribution in [0.5, 0.6) is 0 Å². The third kappa shape index (κ3) is 1.13. The number of fused-ring (bicyclic) bond motifs is 3.